The molecule has 0 aliphatic carbocycles. The van der Waals surface area contributed by atoms with Crippen molar-refractivity contribution in [1.29, 1.82) is 0 Å². The predicted octanol–water partition coefficient (Wildman–Crippen LogP) is 0.337. The molecule has 2 aliphatic heterocycles. The smallest absolute Gasteiger partial charge is 0.319 e. The number of rotatable bonds is 2. The summed E-state index contributed by atoms with van der Waals surface area (Å²) in [4.78, 5) is 17.8. The monoisotopic (exact) mass is 285 g/mol. The number of nitrogens with zero attached hydrogens (tertiary/aromatic N) is 3. The molecule has 2 fully saturated rings. The fraction of sp³-hybridized carbons (Fsp3) is 0.929. The van der Waals surface area contributed by atoms with Gasteiger partial charge in [0.25, 0.3) is 0 Å². The SMILES string of the molecule is CN(C)C[C@H]1CO[C@@]2(COCCN(C(=O)N(C)C)C2)C1. The van der Waals surface area contributed by atoms with Crippen LogP contribution in [0.25, 0.3) is 0 Å². The van der Waals surface area contributed by atoms with E-state index in [9.17, 15) is 4.79 Å². The van der Waals surface area contributed by atoms with Crippen LogP contribution in [0.5, 0.6) is 0 Å². The van der Waals surface area contributed by atoms with Crippen molar-refractivity contribution in [3.05, 3.63) is 0 Å². The summed E-state index contributed by atoms with van der Waals surface area (Å²) in [7, 11) is 7.73. The van der Waals surface area contributed by atoms with E-state index in [1.54, 1.807) is 19.0 Å². The van der Waals surface area contributed by atoms with E-state index in [2.05, 4.69) is 19.0 Å². The van der Waals surface area contributed by atoms with Crippen molar-refractivity contribution in [3.8, 4) is 0 Å². The zero-order valence-corrected chi connectivity index (χ0v) is 13.1. The van der Waals surface area contributed by atoms with Gasteiger partial charge in [0.05, 0.1) is 26.4 Å². The molecular weight excluding hydrogens is 258 g/mol. The van der Waals surface area contributed by atoms with Crippen LogP contribution in [0.15, 0.2) is 0 Å². The average molecular weight is 285 g/mol. The number of urea groups is 1. The largest absolute Gasteiger partial charge is 0.377 e. The molecular formula is C14H27N3O3. The highest BCUT2D eigenvalue weighted by atomic mass is 16.5. The molecule has 2 aliphatic rings. The van der Waals surface area contributed by atoms with Crippen molar-refractivity contribution in [1.82, 2.24) is 14.7 Å². The summed E-state index contributed by atoms with van der Waals surface area (Å²) in [6.45, 7) is 4.22. The third kappa shape index (κ3) is 3.62. The maximum atomic E-state index is 12.2. The van der Waals surface area contributed by atoms with Gasteiger partial charge in [0.15, 0.2) is 0 Å². The summed E-state index contributed by atoms with van der Waals surface area (Å²) >= 11 is 0. The lowest BCUT2D eigenvalue weighted by Crippen LogP contribution is -2.49. The van der Waals surface area contributed by atoms with Gasteiger partial charge in [0.1, 0.15) is 5.60 Å². The Hall–Kier alpha value is -0.850. The summed E-state index contributed by atoms with van der Waals surface area (Å²) in [5, 5.41) is 0. The standard InChI is InChI=1S/C14H27N3O3/c1-15(2)8-12-7-14(20-9-12)10-17(5-6-19-11-14)13(18)16(3)4/h12H,5-11H2,1-4H3/t12-,14-/m0/s1. The van der Waals surface area contributed by atoms with Crippen molar-refractivity contribution < 1.29 is 14.3 Å². The molecule has 0 aromatic carbocycles. The van der Waals surface area contributed by atoms with Crippen LogP contribution in [0.3, 0.4) is 0 Å². The zero-order valence-electron chi connectivity index (χ0n) is 13.1. The van der Waals surface area contributed by atoms with Crippen LogP contribution in [-0.4, -0.2) is 94.0 Å². The molecule has 1 spiro atoms. The van der Waals surface area contributed by atoms with E-state index < -0.39 is 0 Å². The Bertz CT molecular complexity index is 349. The van der Waals surface area contributed by atoms with Gasteiger partial charge < -0.3 is 24.2 Å². The number of ether oxygens (including phenoxy) is 2. The van der Waals surface area contributed by atoms with E-state index in [1.807, 2.05) is 4.90 Å². The first-order valence-electron chi connectivity index (χ1n) is 7.24. The molecule has 0 radical (unpaired) electrons. The lowest BCUT2D eigenvalue weighted by Gasteiger charge is -2.32. The maximum Gasteiger partial charge on any atom is 0.319 e. The number of hydrogen-bond donors (Lipinski definition) is 0. The Labute approximate surface area is 121 Å². The second kappa shape index (κ2) is 6.28. The topological polar surface area (TPSA) is 45.3 Å². The van der Waals surface area contributed by atoms with Crippen LogP contribution in [0.2, 0.25) is 0 Å². The van der Waals surface area contributed by atoms with Gasteiger partial charge in [-0.3, -0.25) is 0 Å². The van der Waals surface area contributed by atoms with Crippen LogP contribution in [0.1, 0.15) is 6.42 Å². The Balaban J connectivity index is 2.02. The molecule has 0 unspecified atom stereocenters. The van der Waals surface area contributed by atoms with Crippen LogP contribution >= 0.6 is 0 Å². The van der Waals surface area contributed by atoms with Crippen molar-refractivity contribution in [3.63, 3.8) is 0 Å². The fourth-order valence-corrected chi connectivity index (χ4v) is 3.13. The lowest BCUT2D eigenvalue weighted by molar-refractivity contribution is -0.0535. The molecule has 6 nitrogen and oxygen atoms in total. The minimum absolute atomic E-state index is 0.0366. The molecule has 2 amide bonds. The molecule has 2 rings (SSSR count). The number of carbonyl (C=O) groups is 1. The second-order valence-corrected chi connectivity index (χ2v) is 6.48. The van der Waals surface area contributed by atoms with Gasteiger partial charge in [-0.25, -0.2) is 4.79 Å². The van der Waals surface area contributed by atoms with Crippen LogP contribution in [-0.2, 0) is 9.47 Å². The van der Waals surface area contributed by atoms with Crippen molar-refractivity contribution in [2.75, 3.05) is 67.6 Å². The third-order valence-corrected chi connectivity index (χ3v) is 3.91. The van der Waals surface area contributed by atoms with Crippen molar-refractivity contribution in [2.45, 2.75) is 12.0 Å². The molecule has 0 bridgehead atoms. The summed E-state index contributed by atoms with van der Waals surface area (Å²) in [5.74, 6) is 0.517. The normalized spacial score (nSPS) is 30.9. The predicted molar refractivity (Wildman–Crippen MR) is 76.8 cm³/mol. The van der Waals surface area contributed by atoms with Crippen molar-refractivity contribution >= 4 is 6.03 Å². The first kappa shape index (κ1) is 15.5. The number of carbonyl (C=O) groups excluding carboxylic acids is 1. The zero-order chi connectivity index (χ0) is 14.8. The molecule has 116 valence electrons. The van der Waals surface area contributed by atoms with E-state index in [0.717, 1.165) is 19.6 Å². The first-order valence-corrected chi connectivity index (χ1v) is 7.24. The Morgan fingerprint density at radius 3 is 2.75 bits per heavy atom. The van der Waals surface area contributed by atoms with Gasteiger partial charge in [0, 0.05) is 27.2 Å². The van der Waals surface area contributed by atoms with E-state index in [1.165, 1.54) is 0 Å². The maximum absolute atomic E-state index is 12.2. The third-order valence-electron chi connectivity index (χ3n) is 3.91. The number of amides is 2. The van der Waals surface area contributed by atoms with Crippen LogP contribution < -0.4 is 0 Å². The molecule has 0 saturated carbocycles. The highest BCUT2D eigenvalue weighted by Gasteiger charge is 2.44. The molecule has 6 heteroatoms. The van der Waals surface area contributed by atoms with Gasteiger partial charge in [-0.05, 0) is 26.4 Å². The molecule has 2 heterocycles. The van der Waals surface area contributed by atoms with Crippen LogP contribution in [0.4, 0.5) is 4.79 Å². The van der Waals surface area contributed by atoms with Gasteiger partial charge in [-0.15, -0.1) is 0 Å². The van der Waals surface area contributed by atoms with Gasteiger partial charge >= 0.3 is 6.03 Å². The molecule has 0 aromatic rings. The Morgan fingerprint density at radius 2 is 2.10 bits per heavy atom. The van der Waals surface area contributed by atoms with Gasteiger partial charge in [-0.1, -0.05) is 0 Å². The lowest BCUT2D eigenvalue weighted by atomic mass is 9.94. The fourth-order valence-electron chi connectivity index (χ4n) is 3.13. The average Bonchev–Trinajstić information content (AvgIpc) is 2.62. The van der Waals surface area contributed by atoms with Crippen molar-refractivity contribution in [2.24, 2.45) is 5.92 Å². The highest BCUT2D eigenvalue weighted by molar-refractivity contribution is 5.74. The molecule has 2 atom stereocenters. The summed E-state index contributed by atoms with van der Waals surface area (Å²) in [6, 6.07) is 0.0366. The van der Waals surface area contributed by atoms with Crippen LogP contribution in [0, 0.1) is 5.92 Å². The highest BCUT2D eigenvalue weighted by Crippen LogP contribution is 2.33. The minimum Gasteiger partial charge on any atom is -0.377 e. The van der Waals surface area contributed by atoms with E-state index in [4.69, 9.17) is 9.47 Å². The summed E-state index contributed by atoms with van der Waals surface area (Å²) < 4.78 is 11.8. The second-order valence-electron chi connectivity index (χ2n) is 6.48. The first-order chi connectivity index (χ1) is 9.42. The molecule has 0 N–H and O–H groups in total. The molecule has 20 heavy (non-hydrogen) atoms. The quantitative estimate of drug-likeness (QED) is 0.734. The van der Waals surface area contributed by atoms with E-state index >= 15 is 0 Å². The van der Waals surface area contributed by atoms with Gasteiger partial charge in [0.2, 0.25) is 0 Å². The molecule has 2 saturated heterocycles. The number of hydrogen-bond acceptors (Lipinski definition) is 4. The Kier molecular flexibility index (Phi) is 4.88. The van der Waals surface area contributed by atoms with E-state index in [-0.39, 0.29) is 11.6 Å². The van der Waals surface area contributed by atoms with E-state index in [0.29, 0.717) is 32.2 Å². The summed E-state index contributed by atoms with van der Waals surface area (Å²) in [5.41, 5.74) is -0.317. The Morgan fingerprint density at radius 1 is 1.35 bits per heavy atom. The minimum atomic E-state index is -0.317. The van der Waals surface area contributed by atoms with Gasteiger partial charge in [-0.2, -0.15) is 0 Å². The molecule has 0 aromatic heterocycles. The summed E-state index contributed by atoms with van der Waals surface area (Å²) in [6.07, 6.45) is 0.961.